The lowest BCUT2D eigenvalue weighted by atomic mass is 10.3. The summed E-state index contributed by atoms with van der Waals surface area (Å²) in [7, 11) is 3.86. The van der Waals surface area contributed by atoms with Crippen molar-refractivity contribution >= 4 is 0 Å². The van der Waals surface area contributed by atoms with Gasteiger partial charge in [-0.15, -0.1) is 0 Å². The summed E-state index contributed by atoms with van der Waals surface area (Å²) >= 11 is 0. The van der Waals surface area contributed by atoms with Crippen LogP contribution >= 0.6 is 0 Å². The molecule has 0 aliphatic heterocycles. The van der Waals surface area contributed by atoms with Gasteiger partial charge in [0.05, 0.1) is 18.0 Å². The van der Waals surface area contributed by atoms with Crippen LogP contribution in [0.4, 0.5) is 0 Å². The van der Waals surface area contributed by atoms with E-state index in [0.717, 1.165) is 45.8 Å². The maximum atomic E-state index is 5.06. The molecule has 0 aromatic carbocycles. The molecule has 0 spiro atoms. The van der Waals surface area contributed by atoms with E-state index in [1.807, 2.05) is 0 Å². The zero-order valence-electron chi connectivity index (χ0n) is 12.8. The second-order valence-electron chi connectivity index (χ2n) is 4.77. The predicted octanol–water partition coefficient (Wildman–Crippen LogP) is 1.13. The van der Waals surface area contributed by atoms with E-state index in [0.29, 0.717) is 0 Å². The van der Waals surface area contributed by atoms with Crippen LogP contribution < -0.4 is 5.32 Å². The van der Waals surface area contributed by atoms with Crippen LogP contribution in [0.25, 0.3) is 0 Å². The molecule has 5 heteroatoms. The van der Waals surface area contributed by atoms with E-state index < -0.39 is 0 Å². The van der Waals surface area contributed by atoms with Crippen LogP contribution in [-0.2, 0) is 24.2 Å². The Kier molecular flexibility index (Phi) is 7.70. The Morgan fingerprint density at radius 1 is 1.37 bits per heavy atom. The van der Waals surface area contributed by atoms with Crippen LogP contribution in [0.2, 0.25) is 0 Å². The Morgan fingerprint density at radius 2 is 2.16 bits per heavy atom. The number of ether oxygens (including phenoxy) is 1. The zero-order valence-corrected chi connectivity index (χ0v) is 12.8. The topological polar surface area (TPSA) is 42.3 Å². The first-order valence-corrected chi connectivity index (χ1v) is 7.15. The summed E-state index contributed by atoms with van der Waals surface area (Å²) in [5.41, 5.74) is 2.45. The summed E-state index contributed by atoms with van der Waals surface area (Å²) < 4.78 is 7.14. The molecule has 19 heavy (non-hydrogen) atoms. The predicted molar refractivity (Wildman–Crippen MR) is 78.4 cm³/mol. The molecule has 0 bridgehead atoms. The highest BCUT2D eigenvalue weighted by molar-refractivity contribution is 5.10. The molecule has 0 aliphatic carbocycles. The maximum Gasteiger partial charge on any atom is 0.0625 e. The van der Waals surface area contributed by atoms with E-state index in [2.05, 4.69) is 47.0 Å². The summed E-state index contributed by atoms with van der Waals surface area (Å²) in [5.74, 6) is 0. The molecule has 0 atom stereocenters. The molecular formula is C14H28N4O. The van der Waals surface area contributed by atoms with Gasteiger partial charge >= 0.3 is 0 Å². The largest absolute Gasteiger partial charge is 0.383 e. The fourth-order valence-electron chi connectivity index (χ4n) is 1.95. The minimum absolute atomic E-state index is 0.791. The summed E-state index contributed by atoms with van der Waals surface area (Å²) in [4.78, 5) is 2.27. The quantitative estimate of drug-likeness (QED) is 0.646. The first-order valence-electron chi connectivity index (χ1n) is 7.15. The Balaban J connectivity index is 2.27. The average Bonchev–Trinajstić information content (AvgIpc) is 2.83. The Bertz CT molecular complexity index is 351. The number of hydrogen-bond acceptors (Lipinski definition) is 4. The first-order chi connectivity index (χ1) is 9.21. The number of aromatic nitrogens is 2. The average molecular weight is 268 g/mol. The summed E-state index contributed by atoms with van der Waals surface area (Å²) in [5, 5.41) is 8.03. The molecule has 110 valence electrons. The molecule has 0 saturated heterocycles. The number of hydrogen-bond donors (Lipinski definition) is 1. The molecule has 0 saturated carbocycles. The summed E-state index contributed by atoms with van der Waals surface area (Å²) in [6.45, 7) is 9.88. The van der Waals surface area contributed by atoms with Crippen molar-refractivity contribution in [3.05, 3.63) is 17.5 Å². The van der Waals surface area contributed by atoms with Crippen molar-refractivity contribution in [2.24, 2.45) is 0 Å². The Labute approximate surface area is 116 Å². The van der Waals surface area contributed by atoms with Gasteiger partial charge < -0.3 is 15.0 Å². The van der Waals surface area contributed by atoms with Crippen LogP contribution in [0.3, 0.4) is 0 Å². The second-order valence-corrected chi connectivity index (χ2v) is 4.77. The molecule has 0 radical (unpaired) electrons. The van der Waals surface area contributed by atoms with Gasteiger partial charge in [-0.25, -0.2) is 0 Å². The molecule has 0 unspecified atom stereocenters. The third-order valence-electron chi connectivity index (χ3n) is 3.23. The molecular weight excluding hydrogens is 240 g/mol. The van der Waals surface area contributed by atoms with Crippen molar-refractivity contribution in [2.45, 2.75) is 33.4 Å². The van der Waals surface area contributed by atoms with E-state index in [9.17, 15) is 0 Å². The number of aryl methyl sites for hydroxylation is 2. The molecule has 1 aromatic rings. The molecule has 1 N–H and O–H groups in total. The summed E-state index contributed by atoms with van der Waals surface area (Å²) in [6, 6.07) is 2.20. The third kappa shape index (κ3) is 5.72. The maximum absolute atomic E-state index is 5.06. The molecule has 5 nitrogen and oxygen atoms in total. The van der Waals surface area contributed by atoms with Gasteiger partial charge in [-0.1, -0.05) is 6.92 Å². The number of rotatable bonds is 10. The van der Waals surface area contributed by atoms with Crippen LogP contribution in [0.15, 0.2) is 6.07 Å². The van der Waals surface area contributed by atoms with Gasteiger partial charge in [0.15, 0.2) is 0 Å². The molecule has 0 fully saturated rings. The van der Waals surface area contributed by atoms with E-state index in [1.54, 1.807) is 7.11 Å². The SMILES string of the molecule is CCc1cc(CNCCN(C)CCOC)n(CC)n1. The second kappa shape index (κ2) is 9.07. The Morgan fingerprint density at radius 3 is 2.79 bits per heavy atom. The van der Waals surface area contributed by atoms with Crippen molar-refractivity contribution in [2.75, 3.05) is 40.4 Å². The summed E-state index contributed by atoms with van der Waals surface area (Å²) in [6.07, 6.45) is 1.000. The Hall–Kier alpha value is -0.910. The van der Waals surface area contributed by atoms with Crippen molar-refractivity contribution < 1.29 is 4.74 Å². The highest BCUT2D eigenvalue weighted by Gasteiger charge is 2.05. The fraction of sp³-hybridized carbons (Fsp3) is 0.786. The fourth-order valence-corrected chi connectivity index (χ4v) is 1.95. The van der Waals surface area contributed by atoms with E-state index >= 15 is 0 Å². The number of likely N-dealkylation sites (N-methyl/N-ethyl adjacent to an activating group) is 1. The zero-order chi connectivity index (χ0) is 14.1. The third-order valence-corrected chi connectivity index (χ3v) is 3.23. The van der Waals surface area contributed by atoms with E-state index in [1.165, 1.54) is 11.4 Å². The highest BCUT2D eigenvalue weighted by Crippen LogP contribution is 2.05. The monoisotopic (exact) mass is 268 g/mol. The van der Waals surface area contributed by atoms with Gasteiger partial charge in [0.1, 0.15) is 0 Å². The minimum Gasteiger partial charge on any atom is -0.383 e. The van der Waals surface area contributed by atoms with Crippen molar-refractivity contribution in [1.29, 1.82) is 0 Å². The minimum atomic E-state index is 0.791. The van der Waals surface area contributed by atoms with Crippen LogP contribution in [0, 0.1) is 0 Å². The lowest BCUT2D eigenvalue weighted by molar-refractivity contribution is 0.161. The lowest BCUT2D eigenvalue weighted by Crippen LogP contribution is -2.31. The van der Waals surface area contributed by atoms with Crippen LogP contribution in [0.1, 0.15) is 25.2 Å². The first kappa shape index (κ1) is 16.1. The highest BCUT2D eigenvalue weighted by atomic mass is 16.5. The smallest absolute Gasteiger partial charge is 0.0625 e. The van der Waals surface area contributed by atoms with Gasteiger partial charge in [0.25, 0.3) is 0 Å². The van der Waals surface area contributed by atoms with Gasteiger partial charge in [-0.2, -0.15) is 5.10 Å². The van der Waals surface area contributed by atoms with E-state index in [4.69, 9.17) is 4.74 Å². The van der Waals surface area contributed by atoms with Crippen LogP contribution in [0.5, 0.6) is 0 Å². The lowest BCUT2D eigenvalue weighted by Gasteiger charge is -2.16. The van der Waals surface area contributed by atoms with Crippen molar-refractivity contribution in [1.82, 2.24) is 20.0 Å². The van der Waals surface area contributed by atoms with Gasteiger partial charge in [0.2, 0.25) is 0 Å². The van der Waals surface area contributed by atoms with Crippen molar-refractivity contribution in [3.63, 3.8) is 0 Å². The van der Waals surface area contributed by atoms with E-state index in [-0.39, 0.29) is 0 Å². The number of nitrogens with one attached hydrogen (secondary N) is 1. The molecule has 1 rings (SSSR count). The molecule has 0 aliphatic rings. The molecule has 0 amide bonds. The van der Waals surface area contributed by atoms with Gasteiger partial charge in [0, 0.05) is 39.8 Å². The van der Waals surface area contributed by atoms with Crippen LogP contribution in [-0.4, -0.2) is 55.1 Å². The number of nitrogens with zero attached hydrogens (tertiary/aromatic N) is 3. The number of methoxy groups -OCH3 is 1. The van der Waals surface area contributed by atoms with Crippen molar-refractivity contribution in [3.8, 4) is 0 Å². The van der Waals surface area contributed by atoms with Gasteiger partial charge in [-0.05, 0) is 26.5 Å². The standard InChI is InChI=1S/C14H28N4O/c1-5-13-11-14(18(6-2)16-13)12-15-7-8-17(3)9-10-19-4/h11,15H,5-10,12H2,1-4H3. The molecule has 1 aromatic heterocycles. The van der Waals surface area contributed by atoms with Gasteiger partial charge in [-0.3, -0.25) is 4.68 Å². The molecule has 1 heterocycles. The normalized spacial score (nSPS) is 11.4.